The summed E-state index contributed by atoms with van der Waals surface area (Å²) in [5.74, 6) is -35.7. The van der Waals surface area contributed by atoms with Gasteiger partial charge in [0.25, 0.3) is 0 Å². The molecule has 0 saturated carbocycles. The molecule has 0 spiro atoms. The van der Waals surface area contributed by atoms with Gasteiger partial charge < -0.3 is 14.2 Å². The highest BCUT2D eigenvalue weighted by Gasteiger charge is 2.78. The monoisotopic (exact) mass is 594 g/mol. The first-order valence-corrected chi connectivity index (χ1v) is 9.46. The van der Waals surface area contributed by atoms with Crippen molar-refractivity contribution in [3.05, 3.63) is 12.2 Å². The maximum atomic E-state index is 13.5. The highest BCUT2D eigenvalue weighted by molar-refractivity contribution is 5.87. The first-order valence-electron chi connectivity index (χ1n) is 9.46. The van der Waals surface area contributed by atoms with E-state index in [1.165, 1.54) is 0 Å². The van der Waals surface area contributed by atoms with Crippen LogP contribution < -0.4 is 0 Å². The molecule has 20 heteroatoms. The predicted octanol–water partition coefficient (Wildman–Crippen LogP) is 5.25. The molecule has 0 unspecified atom stereocenters. The first-order chi connectivity index (χ1) is 16.6. The molecule has 0 saturated heterocycles. The smallest absolute Gasteiger partial charge is 0.460 e. The molecule has 0 aliphatic rings. The summed E-state index contributed by atoms with van der Waals surface area (Å²) in [5, 5.41) is 0. The van der Waals surface area contributed by atoms with Gasteiger partial charge in [-0.25, -0.2) is 14.4 Å². The van der Waals surface area contributed by atoms with Gasteiger partial charge in [0.15, 0.2) is 0 Å². The molecule has 0 bridgehead atoms. The number of halogens is 14. The molecule has 0 radical (unpaired) electrons. The molecule has 0 heterocycles. The van der Waals surface area contributed by atoms with Crippen molar-refractivity contribution in [2.24, 2.45) is 5.41 Å². The molecule has 0 aromatic rings. The predicted molar refractivity (Wildman–Crippen MR) is 92.3 cm³/mol. The van der Waals surface area contributed by atoms with Gasteiger partial charge in [0.1, 0.15) is 19.8 Å². The van der Waals surface area contributed by atoms with Gasteiger partial charge in [-0.05, 0) is 13.3 Å². The van der Waals surface area contributed by atoms with Crippen LogP contribution >= 0.6 is 0 Å². The molecular weight excluding hydrogens is 578 g/mol. The van der Waals surface area contributed by atoms with E-state index in [4.69, 9.17) is 0 Å². The number of esters is 3. The van der Waals surface area contributed by atoms with Crippen molar-refractivity contribution in [2.75, 3.05) is 19.8 Å². The van der Waals surface area contributed by atoms with Gasteiger partial charge in [-0.1, -0.05) is 13.5 Å². The molecule has 0 fully saturated rings. The Morgan fingerprint density at radius 2 is 0.895 bits per heavy atom. The Balaban J connectivity index is 6.09. The van der Waals surface area contributed by atoms with E-state index in [0.717, 1.165) is 13.8 Å². The quantitative estimate of drug-likeness (QED) is 0.133. The highest BCUT2D eigenvalue weighted by atomic mass is 19.4. The minimum atomic E-state index is -7.00. The van der Waals surface area contributed by atoms with Crippen LogP contribution in [0.2, 0.25) is 0 Å². The number of hydrogen-bond donors (Lipinski definition) is 0. The minimum absolute atomic E-state index is 0.420. The fourth-order valence-electron chi connectivity index (χ4n) is 2.00. The molecule has 0 aliphatic heterocycles. The van der Waals surface area contributed by atoms with Crippen LogP contribution in [0.4, 0.5) is 61.5 Å². The SMILES string of the molecule is C=C(C)C(=O)OCC(CC)(COC(=O)C(F)(F)C(F)(F)C(F)(F)F)COC(=O)C(F)(F)C(F)(F)C(F)(F)F. The van der Waals surface area contributed by atoms with Crippen LogP contribution in [0, 0.1) is 5.41 Å². The fourth-order valence-corrected chi connectivity index (χ4v) is 2.00. The van der Waals surface area contributed by atoms with Gasteiger partial charge in [-0.15, -0.1) is 0 Å². The van der Waals surface area contributed by atoms with Crippen molar-refractivity contribution >= 4 is 17.9 Å². The molecule has 0 N–H and O–H groups in total. The molecule has 38 heavy (non-hydrogen) atoms. The summed E-state index contributed by atoms with van der Waals surface area (Å²) in [6.07, 6.45) is -14.8. The van der Waals surface area contributed by atoms with E-state index < -0.39 is 91.2 Å². The maximum Gasteiger partial charge on any atom is 0.460 e. The van der Waals surface area contributed by atoms with E-state index in [-0.39, 0.29) is 0 Å². The summed E-state index contributed by atoms with van der Waals surface area (Å²) in [7, 11) is 0. The van der Waals surface area contributed by atoms with Crippen molar-refractivity contribution in [2.45, 2.75) is 56.3 Å². The number of carbonyl (C=O) groups is 3. The molecule has 6 nitrogen and oxygen atoms in total. The number of carbonyl (C=O) groups excluding carboxylic acids is 3. The van der Waals surface area contributed by atoms with Gasteiger partial charge in [-0.3, -0.25) is 0 Å². The van der Waals surface area contributed by atoms with E-state index in [0.29, 0.717) is 0 Å². The Morgan fingerprint density at radius 3 is 1.13 bits per heavy atom. The Morgan fingerprint density at radius 1 is 0.605 bits per heavy atom. The second kappa shape index (κ2) is 11.1. The third-order valence-electron chi connectivity index (χ3n) is 4.64. The van der Waals surface area contributed by atoms with Gasteiger partial charge in [0.2, 0.25) is 0 Å². The summed E-state index contributed by atoms with van der Waals surface area (Å²) in [5.41, 5.74) is -3.04. The van der Waals surface area contributed by atoms with Gasteiger partial charge in [0.05, 0.1) is 5.41 Å². The van der Waals surface area contributed by atoms with Crippen LogP contribution in [0.1, 0.15) is 20.3 Å². The van der Waals surface area contributed by atoms with Crippen molar-refractivity contribution in [3.63, 3.8) is 0 Å². The highest BCUT2D eigenvalue weighted by Crippen LogP contribution is 2.48. The van der Waals surface area contributed by atoms with Crippen molar-refractivity contribution in [3.8, 4) is 0 Å². The lowest BCUT2D eigenvalue weighted by molar-refractivity contribution is -0.349. The van der Waals surface area contributed by atoms with Crippen LogP contribution in [0.15, 0.2) is 12.2 Å². The van der Waals surface area contributed by atoms with Gasteiger partial charge in [-0.2, -0.15) is 61.5 Å². The third-order valence-corrected chi connectivity index (χ3v) is 4.64. The summed E-state index contributed by atoms with van der Waals surface area (Å²) >= 11 is 0. The van der Waals surface area contributed by atoms with E-state index in [1.807, 2.05) is 0 Å². The van der Waals surface area contributed by atoms with Crippen LogP contribution in [-0.2, 0) is 28.6 Å². The van der Waals surface area contributed by atoms with Crippen molar-refractivity contribution in [1.29, 1.82) is 0 Å². The lowest BCUT2D eigenvalue weighted by Crippen LogP contribution is -2.57. The van der Waals surface area contributed by atoms with E-state index in [1.54, 1.807) is 0 Å². The largest absolute Gasteiger partial charge is 0.461 e. The molecule has 0 atom stereocenters. The third kappa shape index (κ3) is 6.97. The summed E-state index contributed by atoms with van der Waals surface area (Å²) in [4.78, 5) is 34.3. The molecule has 0 amide bonds. The average molecular weight is 594 g/mol. The van der Waals surface area contributed by atoms with E-state index in [2.05, 4.69) is 20.8 Å². The Hall–Kier alpha value is -2.83. The van der Waals surface area contributed by atoms with Gasteiger partial charge in [0, 0.05) is 5.57 Å². The van der Waals surface area contributed by atoms with Crippen LogP contribution in [0.3, 0.4) is 0 Å². The van der Waals surface area contributed by atoms with E-state index in [9.17, 15) is 75.8 Å². The zero-order valence-electron chi connectivity index (χ0n) is 18.8. The van der Waals surface area contributed by atoms with Crippen LogP contribution in [-0.4, -0.2) is 73.8 Å². The Labute approximate surface area is 202 Å². The summed E-state index contributed by atoms with van der Waals surface area (Å²) in [6, 6.07) is 0. The lowest BCUT2D eigenvalue weighted by Gasteiger charge is -2.33. The first kappa shape index (κ1) is 35.2. The maximum absolute atomic E-state index is 13.5. The normalized spacial score (nSPS) is 14.1. The summed E-state index contributed by atoms with van der Waals surface area (Å²) < 4.78 is 191. The fraction of sp³-hybridized carbons (Fsp3) is 0.722. The molecule has 0 rings (SSSR count). The minimum Gasteiger partial charge on any atom is -0.461 e. The van der Waals surface area contributed by atoms with E-state index >= 15 is 0 Å². The number of hydrogen-bond acceptors (Lipinski definition) is 6. The standard InChI is InChI=1S/C18H16F14O6/c1-4-12(5-36-9(33)8(2)3,6-37-10(34)13(19,20)15(23,24)17(27,28)29)7-38-11(35)14(21,22)16(25,26)18(30,31)32/h2,4-7H2,1,3H3. The Bertz CT molecular complexity index is 852. The van der Waals surface area contributed by atoms with Gasteiger partial charge >= 0.3 is 54.0 Å². The summed E-state index contributed by atoms with van der Waals surface area (Å²) in [6.45, 7) is -0.204. The molecular formula is C18H16F14O6. The molecule has 0 aliphatic carbocycles. The topological polar surface area (TPSA) is 78.9 Å². The van der Waals surface area contributed by atoms with Crippen molar-refractivity contribution in [1.82, 2.24) is 0 Å². The second-order valence-corrected chi connectivity index (χ2v) is 7.66. The Kier molecular flexibility index (Phi) is 10.3. The molecule has 0 aromatic carbocycles. The number of alkyl halides is 14. The second-order valence-electron chi connectivity index (χ2n) is 7.66. The number of ether oxygens (including phenoxy) is 3. The average Bonchev–Trinajstić information content (AvgIpc) is 2.76. The zero-order valence-corrected chi connectivity index (χ0v) is 18.8. The lowest BCUT2D eigenvalue weighted by atomic mass is 9.87. The number of rotatable bonds is 12. The zero-order chi connectivity index (χ0) is 30.8. The van der Waals surface area contributed by atoms with Crippen LogP contribution in [0.5, 0.6) is 0 Å². The van der Waals surface area contributed by atoms with Crippen LogP contribution in [0.25, 0.3) is 0 Å². The molecule has 0 aromatic heterocycles. The molecule has 222 valence electrons. The van der Waals surface area contributed by atoms with Crippen molar-refractivity contribution < 1.29 is 90.1 Å².